The van der Waals surface area contributed by atoms with Crippen LogP contribution in [0.2, 0.25) is 0 Å². The monoisotopic (exact) mass is 680 g/mol. The van der Waals surface area contributed by atoms with Gasteiger partial charge < -0.3 is 43.4 Å². The number of amidine groups is 1. The van der Waals surface area contributed by atoms with Gasteiger partial charge in [-0.25, -0.2) is 4.79 Å². The molecule has 262 valence electrons. The van der Waals surface area contributed by atoms with E-state index in [4.69, 9.17) is 37.9 Å². The lowest BCUT2D eigenvalue weighted by Gasteiger charge is -2.31. The molecule has 0 aliphatic rings. The highest BCUT2D eigenvalue weighted by Crippen LogP contribution is 2.29. The van der Waals surface area contributed by atoms with Gasteiger partial charge in [-0.15, -0.1) is 0 Å². The molecule has 2 aromatic carbocycles. The number of carboxylic acid groups (broad SMARTS) is 2. The molecule has 0 heterocycles. The highest BCUT2D eigenvalue weighted by Gasteiger charge is 2.39. The quantitative estimate of drug-likeness (QED) is 0.0672. The number of nitrogens with one attached hydrogen (secondary N) is 5. The molecule has 2 aromatic rings. The molecular weight excluding hydrogens is 641 g/mol. The maximum Gasteiger partial charge on any atom is 0.490 e. The number of carbonyl (C=O) groups excluding carboxylic acids is 3. The van der Waals surface area contributed by atoms with Crippen molar-refractivity contribution in [2.45, 2.75) is 62.7 Å². The summed E-state index contributed by atoms with van der Waals surface area (Å²) in [5, 5.41) is 39.0. The predicted octanol–water partition coefficient (Wildman–Crippen LogP) is 0.687. The smallest absolute Gasteiger partial charge is 0.481 e. The summed E-state index contributed by atoms with van der Waals surface area (Å²) in [7, 11) is 0. The molecule has 3 amide bonds. The van der Waals surface area contributed by atoms with Crippen molar-refractivity contribution in [1.82, 2.24) is 16.0 Å². The number of amides is 3. The molecule has 0 fully saturated rings. The molecule has 18 heteroatoms. The normalized spacial score (nSPS) is 13.2. The first-order valence-electron chi connectivity index (χ1n) is 14.3. The Labute approximate surface area is 273 Å². The highest BCUT2D eigenvalue weighted by molar-refractivity contribution is 5.96. The van der Waals surface area contributed by atoms with Gasteiger partial charge >= 0.3 is 18.1 Å². The van der Waals surface area contributed by atoms with Crippen LogP contribution in [-0.4, -0.2) is 76.5 Å². The van der Waals surface area contributed by atoms with E-state index in [0.717, 1.165) is 5.56 Å². The van der Waals surface area contributed by atoms with E-state index in [0.29, 0.717) is 17.5 Å². The number of alkyl halides is 3. The molecule has 0 radical (unpaired) electrons. The summed E-state index contributed by atoms with van der Waals surface area (Å²) in [6.07, 6.45) is -4.99. The van der Waals surface area contributed by atoms with Gasteiger partial charge in [0.15, 0.2) is 5.96 Å². The van der Waals surface area contributed by atoms with Gasteiger partial charge in [0.2, 0.25) is 17.7 Å². The number of carboxylic acids is 2. The van der Waals surface area contributed by atoms with E-state index in [2.05, 4.69) is 16.0 Å². The van der Waals surface area contributed by atoms with E-state index in [-0.39, 0.29) is 37.6 Å². The van der Waals surface area contributed by atoms with Gasteiger partial charge in [0.05, 0.1) is 5.41 Å². The molecular formula is C30H39F3N8O7. The molecule has 0 unspecified atom stereocenters. The zero-order valence-corrected chi connectivity index (χ0v) is 25.9. The van der Waals surface area contributed by atoms with Crippen LogP contribution < -0.4 is 33.2 Å². The molecule has 48 heavy (non-hydrogen) atoms. The van der Waals surface area contributed by atoms with Crippen LogP contribution in [0.5, 0.6) is 0 Å². The lowest BCUT2D eigenvalue weighted by molar-refractivity contribution is -0.192. The predicted molar refractivity (Wildman–Crippen MR) is 168 cm³/mol. The summed E-state index contributed by atoms with van der Waals surface area (Å²) in [5.74, 6) is -6.31. The molecule has 13 N–H and O–H groups in total. The second-order valence-corrected chi connectivity index (χ2v) is 10.7. The number of halogens is 3. The van der Waals surface area contributed by atoms with E-state index in [1.165, 1.54) is 0 Å². The van der Waals surface area contributed by atoms with Crippen LogP contribution in [0, 0.1) is 10.8 Å². The van der Waals surface area contributed by atoms with Crippen molar-refractivity contribution in [3.05, 3.63) is 71.3 Å². The van der Waals surface area contributed by atoms with Crippen LogP contribution in [0.4, 0.5) is 13.2 Å². The van der Waals surface area contributed by atoms with Crippen molar-refractivity contribution >= 4 is 41.5 Å². The first-order chi connectivity index (χ1) is 22.3. The summed E-state index contributed by atoms with van der Waals surface area (Å²) in [6, 6.07) is 13.5. The van der Waals surface area contributed by atoms with Gasteiger partial charge in [0.25, 0.3) is 0 Å². The van der Waals surface area contributed by atoms with E-state index in [1.54, 1.807) is 55.5 Å². The molecule has 0 spiro atoms. The van der Waals surface area contributed by atoms with Gasteiger partial charge in [-0.3, -0.25) is 30.0 Å². The maximum atomic E-state index is 13.9. The molecule has 3 atom stereocenters. The molecule has 0 aliphatic heterocycles. The number of hydrogen-bond donors (Lipinski definition) is 10. The molecule has 0 saturated carbocycles. The Bertz CT molecular complexity index is 1460. The minimum Gasteiger partial charge on any atom is -0.481 e. The van der Waals surface area contributed by atoms with Crippen LogP contribution >= 0.6 is 0 Å². The second-order valence-electron chi connectivity index (χ2n) is 10.7. The standard InChI is InChI=1S/C28H38N8O5.C2HF3O2/c1-28(19-6-3-2-4-7-19,16-17-9-11-18(12-10-17)23(29)30)26(41)36-21(13-14-22(37)38)25(40)35-20(24(31)39)8-5-15-34-27(32)33;3-2(4,5)1(6)7/h2-4,6-7,9-12,20-21H,5,8,13-16H2,1H3,(H3,29,30)(H2,31,39)(H,35,40)(H,36,41)(H,37,38)(H4,32,33,34);(H,6,7)/t20-,21-,28+;/m0./s1. The summed E-state index contributed by atoms with van der Waals surface area (Å²) in [6.45, 7) is 1.99. The summed E-state index contributed by atoms with van der Waals surface area (Å²) in [5.41, 5.74) is 17.1. The Morgan fingerprint density at radius 3 is 1.88 bits per heavy atom. The Kier molecular flexibility index (Phi) is 15.5. The second kappa shape index (κ2) is 18.5. The number of rotatable bonds is 16. The number of primary amides is 1. The van der Waals surface area contributed by atoms with E-state index in [9.17, 15) is 37.5 Å². The van der Waals surface area contributed by atoms with Crippen molar-refractivity contribution in [3.63, 3.8) is 0 Å². The fourth-order valence-electron chi connectivity index (χ4n) is 4.27. The van der Waals surface area contributed by atoms with Crippen LogP contribution in [0.1, 0.15) is 49.3 Å². The zero-order valence-electron chi connectivity index (χ0n) is 25.9. The van der Waals surface area contributed by atoms with E-state index in [1.807, 2.05) is 6.07 Å². The Morgan fingerprint density at radius 2 is 1.42 bits per heavy atom. The topological polar surface area (TPSA) is 288 Å². The Balaban J connectivity index is 0.00000148. The number of guanidine groups is 1. The van der Waals surface area contributed by atoms with Crippen molar-refractivity contribution in [2.24, 2.45) is 17.2 Å². The SMILES string of the molecule is C[C@](Cc1ccc(C(=N)N)cc1)(C(=O)N[C@@H](CCC(=O)O)C(=O)N[C@@H](CCCNC(=N)N)C(N)=O)c1ccccc1.O=C(O)C(F)(F)F. The van der Waals surface area contributed by atoms with Crippen molar-refractivity contribution < 1.29 is 47.4 Å². The summed E-state index contributed by atoms with van der Waals surface area (Å²) < 4.78 is 31.7. The number of nitrogen functional groups attached to an aromatic ring is 1. The fraction of sp³-hybridized carbons (Fsp3) is 0.367. The van der Waals surface area contributed by atoms with Crippen LogP contribution in [-0.2, 0) is 35.8 Å². The number of carbonyl (C=O) groups is 5. The van der Waals surface area contributed by atoms with Gasteiger partial charge in [-0.1, -0.05) is 54.6 Å². The molecule has 2 rings (SSSR count). The van der Waals surface area contributed by atoms with E-state index >= 15 is 0 Å². The van der Waals surface area contributed by atoms with Crippen molar-refractivity contribution in [3.8, 4) is 0 Å². The number of benzene rings is 2. The minimum absolute atomic E-state index is 0.0863. The van der Waals surface area contributed by atoms with E-state index < -0.39 is 59.8 Å². The van der Waals surface area contributed by atoms with Crippen molar-refractivity contribution in [2.75, 3.05) is 6.54 Å². The summed E-state index contributed by atoms with van der Waals surface area (Å²) in [4.78, 5) is 59.3. The van der Waals surface area contributed by atoms with Gasteiger partial charge in [0, 0.05) is 18.5 Å². The first kappa shape index (κ1) is 40.3. The number of nitrogens with two attached hydrogens (primary N) is 3. The fourth-order valence-corrected chi connectivity index (χ4v) is 4.27. The van der Waals surface area contributed by atoms with Crippen LogP contribution in [0.3, 0.4) is 0 Å². The first-order valence-corrected chi connectivity index (χ1v) is 14.3. The molecule has 0 saturated heterocycles. The van der Waals surface area contributed by atoms with Crippen LogP contribution in [0.25, 0.3) is 0 Å². The largest absolute Gasteiger partial charge is 0.490 e. The molecule has 0 aliphatic carbocycles. The van der Waals surface area contributed by atoms with Gasteiger partial charge in [0.1, 0.15) is 17.9 Å². The third-order valence-electron chi connectivity index (χ3n) is 6.89. The molecule has 0 bridgehead atoms. The average Bonchev–Trinajstić information content (AvgIpc) is 3.00. The molecule has 0 aromatic heterocycles. The zero-order chi connectivity index (χ0) is 36.7. The average molecular weight is 681 g/mol. The Morgan fingerprint density at radius 1 is 0.854 bits per heavy atom. The summed E-state index contributed by atoms with van der Waals surface area (Å²) >= 11 is 0. The lowest BCUT2D eigenvalue weighted by atomic mass is 9.76. The van der Waals surface area contributed by atoms with Crippen molar-refractivity contribution in [1.29, 1.82) is 10.8 Å². The minimum atomic E-state index is -5.08. The van der Waals surface area contributed by atoms with Gasteiger partial charge in [-0.05, 0) is 43.7 Å². The van der Waals surface area contributed by atoms with Crippen LogP contribution in [0.15, 0.2) is 54.6 Å². The third kappa shape index (κ3) is 13.8. The maximum absolute atomic E-state index is 13.9. The highest BCUT2D eigenvalue weighted by atomic mass is 19.4. The van der Waals surface area contributed by atoms with Gasteiger partial charge in [-0.2, -0.15) is 13.2 Å². The number of aliphatic carboxylic acids is 2. The molecule has 15 nitrogen and oxygen atoms in total. The lowest BCUT2D eigenvalue weighted by Crippen LogP contribution is -2.56. The number of hydrogen-bond acceptors (Lipinski definition) is 7. The Hall–Kier alpha value is -5.68. The third-order valence-corrected chi connectivity index (χ3v) is 6.89.